The molecule has 1 aromatic carbocycles. The average Bonchev–Trinajstić information content (AvgIpc) is 2.97. The predicted octanol–water partition coefficient (Wildman–Crippen LogP) is 3.96. The summed E-state index contributed by atoms with van der Waals surface area (Å²) in [6.45, 7) is 10.1. The molecule has 3 heterocycles. The van der Waals surface area contributed by atoms with Gasteiger partial charge in [0.05, 0.1) is 5.69 Å². The molecule has 5 rings (SSSR count). The van der Waals surface area contributed by atoms with E-state index in [1.165, 1.54) is 11.9 Å². The zero-order valence-corrected chi connectivity index (χ0v) is 23.3. The number of likely N-dealkylation sites (N-methyl/N-ethyl adjacent to an activating group) is 1. The van der Waals surface area contributed by atoms with Crippen molar-refractivity contribution in [2.24, 2.45) is 0 Å². The van der Waals surface area contributed by atoms with E-state index in [9.17, 15) is 9.90 Å². The largest absolute Gasteiger partial charge is 0.384 e. The second kappa shape index (κ2) is 12.0. The van der Waals surface area contributed by atoms with Gasteiger partial charge in [0, 0.05) is 50.3 Å². The van der Waals surface area contributed by atoms with E-state index in [0.717, 1.165) is 50.3 Å². The molecule has 1 aliphatic heterocycles. The topological polar surface area (TPSA) is 119 Å². The average molecular weight is 543 g/mol. The van der Waals surface area contributed by atoms with Crippen LogP contribution in [0.25, 0.3) is 0 Å². The normalized spacial score (nSPS) is 19.0. The Morgan fingerprint density at radius 3 is 2.60 bits per heavy atom. The number of hydrogen-bond donors (Lipinski definition) is 4. The van der Waals surface area contributed by atoms with Gasteiger partial charge in [0.15, 0.2) is 0 Å². The summed E-state index contributed by atoms with van der Waals surface area (Å²) in [5, 5.41) is 20.4. The Morgan fingerprint density at radius 1 is 1.10 bits per heavy atom. The van der Waals surface area contributed by atoms with Crippen LogP contribution in [0.5, 0.6) is 0 Å². The Kier molecular flexibility index (Phi) is 8.27. The van der Waals surface area contributed by atoms with Crippen LogP contribution in [0.2, 0.25) is 0 Å². The van der Waals surface area contributed by atoms with Crippen LogP contribution in [-0.2, 0) is 12.0 Å². The van der Waals surface area contributed by atoms with Gasteiger partial charge in [-0.2, -0.15) is 4.98 Å². The minimum absolute atomic E-state index is 0.281. The van der Waals surface area contributed by atoms with Gasteiger partial charge in [0.25, 0.3) is 5.91 Å². The van der Waals surface area contributed by atoms with Crippen molar-refractivity contribution >= 4 is 34.9 Å². The number of aliphatic hydroxyl groups is 1. The van der Waals surface area contributed by atoms with Crippen molar-refractivity contribution in [2.45, 2.75) is 38.2 Å². The first-order valence-electron chi connectivity index (χ1n) is 13.9. The molecule has 10 nitrogen and oxygen atoms in total. The van der Waals surface area contributed by atoms with Crippen LogP contribution in [-0.4, -0.2) is 70.6 Å². The fourth-order valence-corrected chi connectivity index (χ4v) is 5.23. The number of carbonyl (C=O) groups is 1. The molecule has 1 atom stereocenters. The third kappa shape index (κ3) is 6.08. The first-order valence-corrected chi connectivity index (χ1v) is 13.9. The third-order valence-electron chi connectivity index (χ3n) is 7.72. The first-order chi connectivity index (χ1) is 19.4. The van der Waals surface area contributed by atoms with Gasteiger partial charge in [-0.15, -0.1) is 6.58 Å². The van der Waals surface area contributed by atoms with Crippen LogP contribution in [0.1, 0.15) is 47.8 Å². The molecule has 0 saturated carbocycles. The summed E-state index contributed by atoms with van der Waals surface area (Å²) in [6.07, 6.45) is 6.18. The van der Waals surface area contributed by atoms with E-state index in [1.54, 1.807) is 6.08 Å². The van der Waals surface area contributed by atoms with Gasteiger partial charge < -0.3 is 30.9 Å². The van der Waals surface area contributed by atoms with Crippen LogP contribution < -0.4 is 20.9 Å². The van der Waals surface area contributed by atoms with E-state index in [2.05, 4.69) is 61.5 Å². The number of benzene rings is 1. The molecule has 210 valence electrons. The van der Waals surface area contributed by atoms with Crippen molar-refractivity contribution in [1.29, 1.82) is 0 Å². The number of aromatic nitrogens is 3. The molecule has 0 radical (unpaired) electrons. The van der Waals surface area contributed by atoms with Crippen molar-refractivity contribution in [3.05, 3.63) is 72.1 Å². The van der Waals surface area contributed by atoms with E-state index in [0.29, 0.717) is 42.7 Å². The molecule has 10 heteroatoms. The summed E-state index contributed by atoms with van der Waals surface area (Å²) in [6, 6.07) is 12.0. The summed E-state index contributed by atoms with van der Waals surface area (Å²) in [5.74, 6) is 0.842. The van der Waals surface area contributed by atoms with Crippen molar-refractivity contribution in [3.63, 3.8) is 0 Å². The number of carbonyl (C=O) groups excluding carboxylic acids is 1. The van der Waals surface area contributed by atoms with Gasteiger partial charge in [-0.25, -0.2) is 9.97 Å². The molecule has 1 unspecified atom stereocenters. The van der Waals surface area contributed by atoms with E-state index >= 15 is 0 Å². The van der Waals surface area contributed by atoms with Gasteiger partial charge >= 0.3 is 0 Å². The lowest BCUT2D eigenvalue weighted by Crippen LogP contribution is -2.44. The molecule has 3 aromatic rings. The Balaban J connectivity index is 1.39. The van der Waals surface area contributed by atoms with Crippen LogP contribution in [0, 0.1) is 0 Å². The zero-order chi connectivity index (χ0) is 28.1. The Hall–Kier alpha value is -4.02. The molecule has 1 aliphatic carbocycles. The third-order valence-corrected chi connectivity index (χ3v) is 7.72. The number of rotatable bonds is 9. The highest BCUT2D eigenvalue weighted by molar-refractivity contribution is 5.99. The van der Waals surface area contributed by atoms with Crippen molar-refractivity contribution in [2.75, 3.05) is 55.3 Å². The molecular formula is C30H38N8O2. The maximum absolute atomic E-state index is 12.9. The quantitative estimate of drug-likeness (QED) is 0.298. The van der Waals surface area contributed by atoms with E-state index in [4.69, 9.17) is 4.98 Å². The lowest BCUT2D eigenvalue weighted by Gasteiger charge is -2.34. The highest BCUT2D eigenvalue weighted by Gasteiger charge is 2.34. The fraction of sp³-hybridized carbons (Fsp3) is 0.400. The molecule has 2 aromatic heterocycles. The minimum Gasteiger partial charge on any atom is -0.384 e. The molecule has 40 heavy (non-hydrogen) atoms. The molecule has 0 spiro atoms. The van der Waals surface area contributed by atoms with Gasteiger partial charge in [-0.3, -0.25) is 4.79 Å². The van der Waals surface area contributed by atoms with Crippen LogP contribution in [0.15, 0.2) is 55.3 Å². The fourth-order valence-electron chi connectivity index (χ4n) is 5.23. The lowest BCUT2D eigenvalue weighted by molar-refractivity contribution is 0.0104. The number of aryl methyl sites for hydroxylation is 1. The van der Waals surface area contributed by atoms with Gasteiger partial charge in [0.2, 0.25) is 5.95 Å². The second-order valence-corrected chi connectivity index (χ2v) is 10.5. The molecule has 1 fully saturated rings. The molecule has 0 bridgehead atoms. The van der Waals surface area contributed by atoms with Crippen LogP contribution in [0.3, 0.4) is 0 Å². The van der Waals surface area contributed by atoms with Crippen LogP contribution >= 0.6 is 0 Å². The number of fused-ring (bicyclic) bond motifs is 1. The van der Waals surface area contributed by atoms with E-state index in [1.807, 2.05) is 31.2 Å². The number of nitrogens with zero attached hydrogens (tertiary/aromatic N) is 5. The zero-order valence-electron chi connectivity index (χ0n) is 23.3. The molecular weight excluding hydrogens is 504 g/mol. The predicted molar refractivity (Wildman–Crippen MR) is 159 cm³/mol. The maximum atomic E-state index is 12.9. The summed E-state index contributed by atoms with van der Waals surface area (Å²) in [7, 11) is 2.15. The van der Waals surface area contributed by atoms with E-state index < -0.39 is 5.60 Å². The highest BCUT2D eigenvalue weighted by atomic mass is 16.3. The number of nitrogens with one attached hydrogen (secondary N) is 3. The Labute approximate surface area is 235 Å². The number of anilines is 5. The molecule has 2 aliphatic rings. The second-order valence-electron chi connectivity index (χ2n) is 10.5. The van der Waals surface area contributed by atoms with Crippen LogP contribution in [0.4, 0.5) is 29.0 Å². The number of amides is 1. The minimum atomic E-state index is -0.954. The summed E-state index contributed by atoms with van der Waals surface area (Å²) < 4.78 is 0. The van der Waals surface area contributed by atoms with Gasteiger partial charge in [0.1, 0.15) is 22.8 Å². The number of hydrogen-bond acceptors (Lipinski definition) is 9. The number of pyridine rings is 1. The smallest absolute Gasteiger partial charge is 0.256 e. The summed E-state index contributed by atoms with van der Waals surface area (Å²) in [5.41, 5.74) is 3.09. The van der Waals surface area contributed by atoms with Crippen molar-refractivity contribution in [3.8, 4) is 0 Å². The standard InChI is InChI=1S/C30H38N8O2/c1-4-15-31-28(39)24-20-32-29(33-22-9-11-23(12-10-22)38-18-16-37(3)17-19-38)36-27(24)35-25-13-8-21-7-6-14-30(40,5-2)26(21)34-25/h4,8-13,20,40H,1,5-7,14-19H2,2-3H3,(H,31,39)(H2,32,33,34,35,36). The summed E-state index contributed by atoms with van der Waals surface area (Å²) >= 11 is 0. The van der Waals surface area contributed by atoms with Crippen molar-refractivity contribution < 1.29 is 9.90 Å². The Bertz CT molecular complexity index is 1350. The van der Waals surface area contributed by atoms with Gasteiger partial charge in [-0.1, -0.05) is 19.1 Å². The maximum Gasteiger partial charge on any atom is 0.256 e. The Morgan fingerprint density at radius 2 is 1.88 bits per heavy atom. The highest BCUT2D eigenvalue weighted by Crippen LogP contribution is 2.37. The molecule has 1 saturated heterocycles. The van der Waals surface area contributed by atoms with Gasteiger partial charge in [-0.05, 0) is 68.6 Å². The molecule has 1 amide bonds. The lowest BCUT2D eigenvalue weighted by atomic mass is 9.81. The summed E-state index contributed by atoms with van der Waals surface area (Å²) in [4.78, 5) is 31.4. The van der Waals surface area contributed by atoms with E-state index in [-0.39, 0.29) is 11.5 Å². The number of piperazine rings is 1. The first kappa shape index (κ1) is 27.5. The molecule has 4 N–H and O–H groups in total. The SMILES string of the molecule is C=CCNC(=O)c1cnc(Nc2ccc(N3CCN(C)CC3)cc2)nc1Nc1ccc2c(n1)C(O)(CC)CCC2. The monoisotopic (exact) mass is 542 g/mol. The van der Waals surface area contributed by atoms with Crippen molar-refractivity contribution in [1.82, 2.24) is 25.2 Å².